The second-order valence-electron chi connectivity index (χ2n) is 5.16. The summed E-state index contributed by atoms with van der Waals surface area (Å²) in [6, 6.07) is -0.581. The number of carbonyl (C=O) groups is 1. The third kappa shape index (κ3) is 2.93. The van der Waals surface area contributed by atoms with Crippen molar-refractivity contribution < 1.29 is 20.1 Å². The molecule has 94 valence electrons. The van der Waals surface area contributed by atoms with Gasteiger partial charge in [0.1, 0.15) is 6.04 Å². The molecule has 5 nitrogen and oxygen atoms in total. The molecule has 0 aromatic rings. The Hall–Kier alpha value is -0.650. The van der Waals surface area contributed by atoms with E-state index in [1.54, 1.807) is 4.90 Å². The summed E-state index contributed by atoms with van der Waals surface area (Å²) in [5.41, 5.74) is -0.292. The highest BCUT2D eigenvalue weighted by Crippen LogP contribution is 2.35. The van der Waals surface area contributed by atoms with Crippen LogP contribution in [0.4, 0.5) is 0 Å². The van der Waals surface area contributed by atoms with Gasteiger partial charge in [-0.3, -0.25) is 9.69 Å². The number of carboxylic acid groups (broad SMARTS) is 1. The van der Waals surface area contributed by atoms with E-state index < -0.39 is 18.1 Å². The second kappa shape index (κ2) is 5.12. The van der Waals surface area contributed by atoms with Crippen LogP contribution >= 0.6 is 0 Å². The third-order valence-corrected chi connectivity index (χ3v) is 3.26. The van der Waals surface area contributed by atoms with Gasteiger partial charge in [-0.2, -0.15) is 0 Å². The molecule has 5 heteroatoms. The summed E-state index contributed by atoms with van der Waals surface area (Å²) in [6.45, 7) is 4.42. The first-order chi connectivity index (χ1) is 7.38. The first kappa shape index (κ1) is 13.4. The first-order valence-corrected chi connectivity index (χ1v) is 5.64. The van der Waals surface area contributed by atoms with Gasteiger partial charge in [-0.05, 0) is 24.8 Å². The standard InChI is InChI=1S/C11H21NO4/c1-11(2)4-3-5-12(6-8(14)7-13)9(11)10(15)16/h8-9,13-14H,3-7H2,1-2H3,(H,15,16). The van der Waals surface area contributed by atoms with Crippen molar-refractivity contribution in [2.45, 2.75) is 38.8 Å². The maximum atomic E-state index is 11.3. The van der Waals surface area contributed by atoms with Crippen molar-refractivity contribution in [2.24, 2.45) is 5.41 Å². The van der Waals surface area contributed by atoms with Crippen molar-refractivity contribution >= 4 is 5.97 Å². The van der Waals surface area contributed by atoms with Crippen LogP contribution in [-0.4, -0.2) is 58.0 Å². The van der Waals surface area contributed by atoms with Gasteiger partial charge in [0.05, 0.1) is 12.7 Å². The lowest BCUT2D eigenvalue weighted by Crippen LogP contribution is -2.56. The van der Waals surface area contributed by atoms with E-state index in [2.05, 4.69) is 0 Å². The van der Waals surface area contributed by atoms with Crippen LogP contribution in [0, 0.1) is 5.41 Å². The maximum absolute atomic E-state index is 11.3. The predicted octanol–water partition coefficient (Wildman–Crippen LogP) is -0.0852. The molecule has 0 bridgehead atoms. The molecule has 0 aromatic carbocycles. The Labute approximate surface area is 95.7 Å². The molecule has 2 unspecified atom stereocenters. The molecule has 0 aromatic heterocycles. The van der Waals surface area contributed by atoms with Gasteiger partial charge in [0, 0.05) is 6.54 Å². The molecule has 0 saturated carbocycles. The van der Waals surface area contributed by atoms with Crippen LogP contribution in [0.3, 0.4) is 0 Å². The maximum Gasteiger partial charge on any atom is 0.321 e. The zero-order valence-corrected chi connectivity index (χ0v) is 9.89. The van der Waals surface area contributed by atoms with Gasteiger partial charge < -0.3 is 15.3 Å². The van der Waals surface area contributed by atoms with E-state index in [4.69, 9.17) is 5.11 Å². The number of hydrogen-bond acceptors (Lipinski definition) is 4. The zero-order chi connectivity index (χ0) is 12.3. The smallest absolute Gasteiger partial charge is 0.321 e. The Kier molecular flexibility index (Phi) is 4.29. The normalized spacial score (nSPS) is 27.6. The summed E-state index contributed by atoms with van der Waals surface area (Å²) < 4.78 is 0. The summed E-state index contributed by atoms with van der Waals surface area (Å²) >= 11 is 0. The van der Waals surface area contributed by atoms with Crippen molar-refractivity contribution in [1.29, 1.82) is 0 Å². The number of aliphatic carboxylic acids is 1. The van der Waals surface area contributed by atoms with E-state index in [0.717, 1.165) is 12.8 Å². The Balaban J connectivity index is 2.77. The molecule has 1 fully saturated rings. The van der Waals surface area contributed by atoms with E-state index in [9.17, 15) is 15.0 Å². The number of rotatable bonds is 4. The van der Waals surface area contributed by atoms with Crippen molar-refractivity contribution in [2.75, 3.05) is 19.7 Å². The summed E-state index contributed by atoms with van der Waals surface area (Å²) in [5.74, 6) is -0.852. The SMILES string of the molecule is CC1(C)CCCN(CC(O)CO)C1C(=O)O. The molecular formula is C11H21NO4. The van der Waals surface area contributed by atoms with Crippen molar-refractivity contribution in [3.05, 3.63) is 0 Å². The number of likely N-dealkylation sites (tertiary alicyclic amines) is 1. The van der Waals surface area contributed by atoms with Crippen LogP contribution < -0.4 is 0 Å². The van der Waals surface area contributed by atoms with Gasteiger partial charge >= 0.3 is 5.97 Å². The first-order valence-electron chi connectivity index (χ1n) is 5.64. The molecule has 0 amide bonds. The highest BCUT2D eigenvalue weighted by atomic mass is 16.4. The summed E-state index contributed by atoms with van der Waals surface area (Å²) in [6.07, 6.45) is 0.931. The highest BCUT2D eigenvalue weighted by molar-refractivity contribution is 5.74. The van der Waals surface area contributed by atoms with Crippen LogP contribution in [-0.2, 0) is 4.79 Å². The predicted molar refractivity (Wildman–Crippen MR) is 59.1 cm³/mol. The topological polar surface area (TPSA) is 81.0 Å². The molecule has 1 aliphatic heterocycles. The minimum absolute atomic E-state index is 0.219. The van der Waals surface area contributed by atoms with E-state index in [0.29, 0.717) is 6.54 Å². The number of piperidine rings is 1. The molecule has 1 aliphatic rings. The molecule has 3 N–H and O–H groups in total. The van der Waals surface area contributed by atoms with E-state index in [1.807, 2.05) is 13.8 Å². The van der Waals surface area contributed by atoms with Crippen molar-refractivity contribution in [1.82, 2.24) is 4.90 Å². The number of β-amino-alcohol motifs (C(OH)–C–C–N with tert-alkyl or cyclic N) is 1. The van der Waals surface area contributed by atoms with E-state index in [-0.39, 0.29) is 18.6 Å². The minimum atomic E-state index is -0.865. The molecular weight excluding hydrogens is 210 g/mol. The Bertz CT molecular complexity index is 254. The molecule has 0 aliphatic carbocycles. The monoisotopic (exact) mass is 231 g/mol. The molecule has 0 radical (unpaired) electrons. The number of carboxylic acids is 1. The molecule has 16 heavy (non-hydrogen) atoms. The van der Waals surface area contributed by atoms with Gasteiger partial charge in [-0.25, -0.2) is 0 Å². The molecule has 0 spiro atoms. The van der Waals surface area contributed by atoms with E-state index in [1.165, 1.54) is 0 Å². The summed E-state index contributed by atoms with van der Waals surface area (Å²) in [7, 11) is 0. The molecule has 1 rings (SSSR count). The Morgan fingerprint density at radius 2 is 2.19 bits per heavy atom. The van der Waals surface area contributed by atoms with Gasteiger partial charge in [0.25, 0.3) is 0 Å². The molecule has 2 atom stereocenters. The minimum Gasteiger partial charge on any atom is -0.480 e. The fourth-order valence-corrected chi connectivity index (χ4v) is 2.51. The zero-order valence-electron chi connectivity index (χ0n) is 9.89. The molecule has 1 heterocycles. The number of aliphatic hydroxyl groups is 2. The largest absolute Gasteiger partial charge is 0.480 e. The summed E-state index contributed by atoms with van der Waals surface area (Å²) in [5, 5.41) is 27.4. The van der Waals surface area contributed by atoms with E-state index >= 15 is 0 Å². The number of aliphatic hydroxyl groups excluding tert-OH is 2. The van der Waals surface area contributed by atoms with Crippen LogP contribution in [0.15, 0.2) is 0 Å². The van der Waals surface area contributed by atoms with Crippen molar-refractivity contribution in [3.8, 4) is 0 Å². The van der Waals surface area contributed by atoms with Gasteiger partial charge in [0.15, 0.2) is 0 Å². The average Bonchev–Trinajstić information content (AvgIpc) is 2.15. The van der Waals surface area contributed by atoms with Gasteiger partial charge in [-0.15, -0.1) is 0 Å². The number of nitrogens with zero attached hydrogens (tertiary/aromatic N) is 1. The lowest BCUT2D eigenvalue weighted by Gasteiger charge is -2.44. The average molecular weight is 231 g/mol. The van der Waals surface area contributed by atoms with Crippen LogP contribution in [0.5, 0.6) is 0 Å². The van der Waals surface area contributed by atoms with Crippen LogP contribution in [0.2, 0.25) is 0 Å². The number of hydrogen-bond donors (Lipinski definition) is 3. The summed E-state index contributed by atoms with van der Waals surface area (Å²) in [4.78, 5) is 13.0. The van der Waals surface area contributed by atoms with Gasteiger partial charge in [-0.1, -0.05) is 13.8 Å². The van der Waals surface area contributed by atoms with Gasteiger partial charge in [0.2, 0.25) is 0 Å². The quantitative estimate of drug-likeness (QED) is 0.630. The Morgan fingerprint density at radius 3 is 2.69 bits per heavy atom. The van der Waals surface area contributed by atoms with Crippen LogP contribution in [0.25, 0.3) is 0 Å². The third-order valence-electron chi connectivity index (χ3n) is 3.26. The lowest BCUT2D eigenvalue weighted by molar-refractivity contribution is -0.151. The van der Waals surface area contributed by atoms with Crippen molar-refractivity contribution in [3.63, 3.8) is 0 Å². The fourth-order valence-electron chi connectivity index (χ4n) is 2.51. The Morgan fingerprint density at radius 1 is 1.56 bits per heavy atom. The second-order valence-corrected chi connectivity index (χ2v) is 5.16. The fraction of sp³-hybridized carbons (Fsp3) is 0.909. The highest BCUT2D eigenvalue weighted by Gasteiger charge is 2.42. The molecule has 1 saturated heterocycles. The lowest BCUT2D eigenvalue weighted by atomic mass is 9.76. The van der Waals surface area contributed by atoms with Crippen LogP contribution in [0.1, 0.15) is 26.7 Å².